The first-order chi connectivity index (χ1) is 6.15. The van der Waals surface area contributed by atoms with Gasteiger partial charge in [-0.25, -0.2) is 4.39 Å². The second-order valence-electron chi connectivity index (χ2n) is 2.59. The molecule has 1 aromatic rings. The van der Waals surface area contributed by atoms with Gasteiger partial charge < -0.3 is 0 Å². The molecule has 0 heterocycles. The standard InChI is InChI=1S/C10H7ClFN/c1-7-5-8(3-2-4-13)9(11)6-10(7)12/h2-3,5-6H,1H3. The first-order valence-electron chi connectivity index (χ1n) is 3.67. The van der Waals surface area contributed by atoms with E-state index in [1.165, 1.54) is 12.1 Å². The van der Waals surface area contributed by atoms with Gasteiger partial charge in [0.05, 0.1) is 11.1 Å². The van der Waals surface area contributed by atoms with Crippen molar-refractivity contribution >= 4 is 17.7 Å². The zero-order valence-corrected chi connectivity index (χ0v) is 7.77. The molecule has 0 amide bonds. The largest absolute Gasteiger partial charge is 0.207 e. The van der Waals surface area contributed by atoms with Gasteiger partial charge in [-0.15, -0.1) is 0 Å². The molecule has 0 spiro atoms. The number of halogens is 2. The maximum absolute atomic E-state index is 12.9. The summed E-state index contributed by atoms with van der Waals surface area (Å²) in [4.78, 5) is 0. The van der Waals surface area contributed by atoms with Crippen molar-refractivity contribution in [2.45, 2.75) is 6.92 Å². The number of hydrogen-bond acceptors (Lipinski definition) is 1. The van der Waals surface area contributed by atoms with Crippen LogP contribution in [0.4, 0.5) is 4.39 Å². The number of nitrogens with zero attached hydrogens (tertiary/aromatic N) is 1. The average molecular weight is 196 g/mol. The van der Waals surface area contributed by atoms with E-state index in [4.69, 9.17) is 16.9 Å². The van der Waals surface area contributed by atoms with Crippen LogP contribution in [0.1, 0.15) is 11.1 Å². The Bertz CT molecular complexity index is 391. The number of hydrogen-bond donors (Lipinski definition) is 0. The Kier molecular flexibility index (Phi) is 3.05. The van der Waals surface area contributed by atoms with Gasteiger partial charge in [-0.2, -0.15) is 5.26 Å². The van der Waals surface area contributed by atoms with Crippen LogP contribution >= 0.6 is 11.6 Å². The van der Waals surface area contributed by atoms with Crippen LogP contribution < -0.4 is 0 Å². The quantitative estimate of drug-likeness (QED) is 0.631. The number of allylic oxidation sites excluding steroid dienone is 1. The molecule has 1 aromatic carbocycles. The van der Waals surface area contributed by atoms with Gasteiger partial charge >= 0.3 is 0 Å². The summed E-state index contributed by atoms with van der Waals surface area (Å²) in [5.74, 6) is -0.334. The van der Waals surface area contributed by atoms with Crippen LogP contribution in [0.5, 0.6) is 0 Å². The fourth-order valence-corrected chi connectivity index (χ4v) is 1.15. The molecule has 0 aromatic heterocycles. The van der Waals surface area contributed by atoms with E-state index in [2.05, 4.69) is 0 Å². The molecule has 0 bridgehead atoms. The fourth-order valence-electron chi connectivity index (χ4n) is 0.934. The van der Waals surface area contributed by atoms with Gasteiger partial charge in [0.2, 0.25) is 0 Å². The topological polar surface area (TPSA) is 23.8 Å². The SMILES string of the molecule is Cc1cc(C=CC#N)c(Cl)cc1F. The molecule has 1 rings (SSSR count). The van der Waals surface area contributed by atoms with Crippen molar-refractivity contribution in [2.24, 2.45) is 0 Å². The molecule has 1 nitrogen and oxygen atoms in total. The Morgan fingerprint density at radius 2 is 2.23 bits per heavy atom. The molecule has 0 saturated carbocycles. The van der Waals surface area contributed by atoms with Crippen molar-refractivity contribution in [3.63, 3.8) is 0 Å². The molecule has 0 atom stereocenters. The Morgan fingerprint density at radius 1 is 1.54 bits per heavy atom. The van der Waals surface area contributed by atoms with Crippen LogP contribution in [-0.4, -0.2) is 0 Å². The van der Waals surface area contributed by atoms with Crippen molar-refractivity contribution in [3.8, 4) is 6.07 Å². The van der Waals surface area contributed by atoms with Crippen molar-refractivity contribution < 1.29 is 4.39 Å². The lowest BCUT2D eigenvalue weighted by molar-refractivity contribution is 0.618. The molecule has 0 aliphatic rings. The average Bonchev–Trinajstić information content (AvgIpc) is 2.09. The summed E-state index contributed by atoms with van der Waals surface area (Å²) in [5.41, 5.74) is 1.17. The van der Waals surface area contributed by atoms with Crippen LogP contribution in [0, 0.1) is 24.1 Å². The molecule has 0 fully saturated rings. The predicted molar refractivity (Wildman–Crippen MR) is 50.8 cm³/mol. The van der Waals surface area contributed by atoms with E-state index in [1.807, 2.05) is 6.07 Å². The Morgan fingerprint density at radius 3 is 2.85 bits per heavy atom. The van der Waals surface area contributed by atoms with Crippen LogP contribution in [0.15, 0.2) is 18.2 Å². The number of rotatable bonds is 1. The first kappa shape index (κ1) is 9.76. The van der Waals surface area contributed by atoms with Gasteiger partial charge in [0.15, 0.2) is 0 Å². The maximum Gasteiger partial charge on any atom is 0.127 e. The van der Waals surface area contributed by atoms with Gasteiger partial charge in [-0.05, 0) is 36.3 Å². The lowest BCUT2D eigenvalue weighted by Crippen LogP contribution is -1.84. The highest BCUT2D eigenvalue weighted by Crippen LogP contribution is 2.21. The zero-order valence-electron chi connectivity index (χ0n) is 7.01. The second kappa shape index (κ2) is 4.06. The van der Waals surface area contributed by atoms with Gasteiger partial charge in [-0.3, -0.25) is 0 Å². The molecule has 0 saturated heterocycles. The third-order valence-corrected chi connectivity index (χ3v) is 1.94. The third kappa shape index (κ3) is 2.30. The Balaban J connectivity index is 3.17. The van der Waals surface area contributed by atoms with Crippen LogP contribution in [0.25, 0.3) is 6.08 Å². The molecule has 13 heavy (non-hydrogen) atoms. The molecule has 66 valence electrons. The van der Waals surface area contributed by atoms with E-state index in [0.29, 0.717) is 16.1 Å². The summed E-state index contributed by atoms with van der Waals surface area (Å²) in [6, 6.07) is 4.69. The van der Waals surface area contributed by atoms with Crippen LogP contribution in [0.3, 0.4) is 0 Å². The predicted octanol–water partition coefficient (Wildman–Crippen LogP) is 3.32. The summed E-state index contributed by atoms with van der Waals surface area (Å²) in [6.07, 6.45) is 2.85. The van der Waals surface area contributed by atoms with Gasteiger partial charge in [0, 0.05) is 6.08 Å². The number of nitriles is 1. The summed E-state index contributed by atoms with van der Waals surface area (Å²) >= 11 is 5.74. The lowest BCUT2D eigenvalue weighted by Gasteiger charge is -2.00. The highest BCUT2D eigenvalue weighted by molar-refractivity contribution is 6.32. The highest BCUT2D eigenvalue weighted by Gasteiger charge is 2.02. The monoisotopic (exact) mass is 195 g/mol. The number of aryl methyl sites for hydroxylation is 1. The summed E-state index contributed by atoms with van der Waals surface area (Å²) in [7, 11) is 0. The molecule has 0 radical (unpaired) electrons. The summed E-state index contributed by atoms with van der Waals surface area (Å²) in [6.45, 7) is 1.65. The van der Waals surface area contributed by atoms with Crippen molar-refractivity contribution in [3.05, 3.63) is 40.2 Å². The smallest absolute Gasteiger partial charge is 0.127 e. The minimum Gasteiger partial charge on any atom is -0.207 e. The van der Waals surface area contributed by atoms with E-state index in [-0.39, 0.29) is 5.82 Å². The van der Waals surface area contributed by atoms with Crippen molar-refractivity contribution in [1.29, 1.82) is 5.26 Å². The molecule has 0 unspecified atom stereocenters. The van der Waals surface area contributed by atoms with Crippen LogP contribution in [0.2, 0.25) is 5.02 Å². The zero-order chi connectivity index (χ0) is 9.84. The van der Waals surface area contributed by atoms with Crippen LogP contribution in [-0.2, 0) is 0 Å². The van der Waals surface area contributed by atoms with E-state index < -0.39 is 0 Å². The normalized spacial score (nSPS) is 10.3. The maximum atomic E-state index is 12.9. The third-order valence-electron chi connectivity index (χ3n) is 1.62. The van der Waals surface area contributed by atoms with E-state index >= 15 is 0 Å². The highest BCUT2D eigenvalue weighted by atomic mass is 35.5. The molecular formula is C10H7ClFN. The Labute approximate surface area is 81.1 Å². The lowest BCUT2D eigenvalue weighted by atomic mass is 10.1. The van der Waals surface area contributed by atoms with Gasteiger partial charge in [0.25, 0.3) is 0 Å². The molecule has 0 aliphatic carbocycles. The molecule has 3 heteroatoms. The second-order valence-corrected chi connectivity index (χ2v) is 2.99. The van der Waals surface area contributed by atoms with E-state index in [9.17, 15) is 4.39 Å². The van der Waals surface area contributed by atoms with Gasteiger partial charge in [0.1, 0.15) is 5.82 Å². The Hall–Kier alpha value is -1.33. The van der Waals surface area contributed by atoms with E-state index in [0.717, 1.165) is 0 Å². The molecular weight excluding hydrogens is 189 g/mol. The minimum atomic E-state index is -0.334. The minimum absolute atomic E-state index is 0.314. The molecule has 0 aliphatic heterocycles. The summed E-state index contributed by atoms with van der Waals surface area (Å²) < 4.78 is 12.9. The molecule has 0 N–H and O–H groups in total. The van der Waals surface area contributed by atoms with Gasteiger partial charge in [-0.1, -0.05) is 11.6 Å². The van der Waals surface area contributed by atoms with Crippen molar-refractivity contribution in [1.82, 2.24) is 0 Å². The summed E-state index contributed by atoms with van der Waals surface area (Å²) in [5, 5.41) is 8.60. The fraction of sp³-hybridized carbons (Fsp3) is 0.100. The van der Waals surface area contributed by atoms with Crippen molar-refractivity contribution in [2.75, 3.05) is 0 Å². The number of benzene rings is 1. The van der Waals surface area contributed by atoms with E-state index in [1.54, 1.807) is 19.1 Å². The first-order valence-corrected chi connectivity index (χ1v) is 4.04.